The van der Waals surface area contributed by atoms with Crippen LogP contribution in [-0.2, 0) is 79.2 Å². The normalized spacial score (nSPS) is 13.2. The SMILES string of the molecule is CN(c1cccc(S(=O)(=O)CCOS(=O)(=O)O)c1)c1nc(Cl)nc(Nc2ccc(S(=O)(=O)O)c(N=Nc3c(S(=O)(=O)O)cc4cc(S(=O)(=O)O)c(N=Nc5ccc(S(=O)(=O)CCOS(=O)(=O)O)cc5)c(N)c4c3O)c2)n1. The molecule has 6 aromatic rings. The molecule has 0 atom stereocenters. The number of sulfone groups is 2. The van der Waals surface area contributed by atoms with Crippen molar-refractivity contribution < 1.29 is 95.2 Å². The maximum Gasteiger partial charge on any atom is 0.397 e. The molecule has 0 amide bonds. The number of nitrogen functional groups attached to an aromatic ring is 1. The van der Waals surface area contributed by atoms with E-state index in [0.29, 0.717) is 12.1 Å². The summed E-state index contributed by atoms with van der Waals surface area (Å²) in [5.41, 5.74) is 2.19. The molecule has 40 heteroatoms. The lowest BCUT2D eigenvalue weighted by atomic mass is 10.1. The predicted octanol–water partition coefficient (Wildman–Crippen LogP) is 4.23. The van der Waals surface area contributed by atoms with Crippen molar-refractivity contribution in [1.29, 1.82) is 0 Å². The number of hydrogen-bond acceptors (Lipinski definition) is 27. The summed E-state index contributed by atoms with van der Waals surface area (Å²) in [7, 11) is -33.0. The monoisotopic (exact) mass is 1220 g/mol. The van der Waals surface area contributed by atoms with E-state index in [1.165, 1.54) is 30.1 Å². The smallest absolute Gasteiger partial charge is 0.397 e. The minimum Gasteiger partial charge on any atom is -0.505 e. The van der Waals surface area contributed by atoms with Crippen LogP contribution in [0.4, 0.5) is 51.7 Å². The third-order valence-electron chi connectivity index (χ3n) is 9.71. The molecule has 1 heterocycles. The van der Waals surface area contributed by atoms with Gasteiger partial charge in [-0.15, -0.1) is 15.3 Å². The van der Waals surface area contributed by atoms with E-state index in [0.717, 1.165) is 48.5 Å². The van der Waals surface area contributed by atoms with Gasteiger partial charge < -0.3 is 21.1 Å². The summed E-state index contributed by atoms with van der Waals surface area (Å²) in [6.07, 6.45) is 0. The highest BCUT2D eigenvalue weighted by atomic mass is 35.5. The van der Waals surface area contributed by atoms with Crippen LogP contribution in [0.15, 0.2) is 124 Å². The number of aromatic hydroxyl groups is 1. The van der Waals surface area contributed by atoms with Crippen LogP contribution in [0.1, 0.15) is 0 Å². The third-order valence-corrected chi connectivity index (χ3v) is 16.8. The molecule has 76 heavy (non-hydrogen) atoms. The first kappa shape index (κ1) is 58.7. The highest BCUT2D eigenvalue weighted by Crippen LogP contribution is 2.48. The zero-order valence-corrected chi connectivity index (χ0v) is 43.9. The first-order chi connectivity index (χ1) is 34.9. The molecule has 5 aromatic carbocycles. The molecule has 0 aliphatic carbocycles. The van der Waals surface area contributed by atoms with Crippen LogP contribution in [0.25, 0.3) is 10.8 Å². The topological polar surface area (TPSA) is 508 Å². The summed E-state index contributed by atoms with van der Waals surface area (Å²) >= 11 is 6.18. The molecule has 408 valence electrons. The Balaban J connectivity index is 1.38. The molecule has 9 N–H and O–H groups in total. The molecule has 0 saturated heterocycles. The van der Waals surface area contributed by atoms with Gasteiger partial charge in [-0.25, -0.2) is 25.2 Å². The van der Waals surface area contributed by atoms with Crippen molar-refractivity contribution in [2.24, 2.45) is 20.5 Å². The van der Waals surface area contributed by atoms with Gasteiger partial charge in [0.2, 0.25) is 17.2 Å². The van der Waals surface area contributed by atoms with Crippen molar-refractivity contribution in [2.45, 2.75) is 24.5 Å². The number of nitrogens with one attached hydrogen (secondary N) is 1. The molecule has 0 spiro atoms. The first-order valence-electron chi connectivity index (χ1n) is 19.8. The number of anilines is 5. The minimum absolute atomic E-state index is 0.125. The van der Waals surface area contributed by atoms with E-state index in [4.69, 9.17) is 26.4 Å². The van der Waals surface area contributed by atoms with E-state index < -0.39 is 160 Å². The van der Waals surface area contributed by atoms with E-state index in [9.17, 15) is 77.7 Å². The molecular formula is C36H33ClN10O22S7. The Morgan fingerprint density at radius 1 is 0.618 bits per heavy atom. The number of phenolic OH excluding ortho intramolecular Hbond substituents is 1. The van der Waals surface area contributed by atoms with Crippen molar-refractivity contribution >= 4 is 145 Å². The van der Waals surface area contributed by atoms with Gasteiger partial charge in [0.15, 0.2) is 25.4 Å². The van der Waals surface area contributed by atoms with Crippen LogP contribution in [0, 0.1) is 0 Å². The summed E-state index contributed by atoms with van der Waals surface area (Å²) in [4.78, 5) is 9.19. The van der Waals surface area contributed by atoms with Gasteiger partial charge >= 0.3 is 20.8 Å². The van der Waals surface area contributed by atoms with Gasteiger partial charge in [-0.3, -0.25) is 22.8 Å². The summed E-state index contributed by atoms with van der Waals surface area (Å²) in [6, 6.07) is 12.8. The number of nitrogens with two attached hydrogens (primary N) is 1. The quantitative estimate of drug-likeness (QED) is 0.0284. The van der Waals surface area contributed by atoms with Gasteiger partial charge in [0.1, 0.15) is 31.7 Å². The maximum absolute atomic E-state index is 12.9. The largest absolute Gasteiger partial charge is 0.505 e. The molecule has 0 radical (unpaired) electrons. The van der Waals surface area contributed by atoms with E-state index in [1.807, 2.05) is 0 Å². The number of fused-ring (bicyclic) bond motifs is 1. The number of nitrogens with zero attached hydrogens (tertiary/aromatic N) is 8. The summed E-state index contributed by atoms with van der Waals surface area (Å²) in [5, 5.41) is 27.3. The Morgan fingerprint density at radius 3 is 1.71 bits per heavy atom. The number of halogens is 1. The standard InChI is InChI=1S/C36H33ClN10O22S7/c1-47(22-3-2-4-24(18-22)71(51,52)14-12-69-76(65,66)67)36-41-34(37)40-35(42-36)39-21-7-10-26(72(53,54)55)25(17-21)44-46-32-28(74(59,60)61)16-19-15-27(73(56,57)58)31(30(38)29(19)33(32)48)45-43-20-5-8-23(9-6-20)70(49,50)13-11-68-75(62,63)64/h2-10,15-18,48H,11-14,38H2,1H3,(H,53,54,55)(H,56,57,58)(H,59,60,61)(H,62,63,64)(H,65,66,67)(H,39,40,41,42). The molecule has 0 aliphatic rings. The fraction of sp³-hybridized carbons (Fsp3) is 0.139. The second-order valence-electron chi connectivity index (χ2n) is 14.9. The lowest BCUT2D eigenvalue weighted by Gasteiger charge is -2.19. The predicted molar refractivity (Wildman–Crippen MR) is 262 cm³/mol. The number of azo groups is 2. The Kier molecular flexibility index (Phi) is 16.8. The summed E-state index contributed by atoms with van der Waals surface area (Å²) in [6.45, 7) is -1.86. The third kappa shape index (κ3) is 14.7. The molecule has 0 aliphatic heterocycles. The van der Waals surface area contributed by atoms with Gasteiger partial charge in [0.05, 0.1) is 51.3 Å². The van der Waals surface area contributed by atoms with Crippen LogP contribution in [0.3, 0.4) is 0 Å². The van der Waals surface area contributed by atoms with Gasteiger partial charge in [-0.05, 0) is 89.8 Å². The summed E-state index contributed by atoms with van der Waals surface area (Å²) < 4.78 is 226. The van der Waals surface area contributed by atoms with Crippen LogP contribution < -0.4 is 16.0 Å². The van der Waals surface area contributed by atoms with Crippen molar-refractivity contribution in [1.82, 2.24) is 15.0 Å². The molecular weight excluding hydrogens is 1180 g/mol. The molecule has 1 aromatic heterocycles. The Bertz CT molecular complexity index is 4210. The number of phenols is 1. The number of aromatic nitrogens is 3. The lowest BCUT2D eigenvalue weighted by molar-refractivity contribution is 0.282. The van der Waals surface area contributed by atoms with Crippen molar-refractivity contribution in [3.63, 3.8) is 0 Å². The highest BCUT2D eigenvalue weighted by Gasteiger charge is 2.29. The van der Waals surface area contributed by atoms with E-state index >= 15 is 0 Å². The molecule has 0 bridgehead atoms. The number of hydrogen-bond donors (Lipinski definition) is 8. The number of benzene rings is 5. The second kappa shape index (κ2) is 21.8. The highest BCUT2D eigenvalue weighted by molar-refractivity contribution is 7.92. The average molecular weight is 1220 g/mol. The maximum atomic E-state index is 12.9. The summed E-state index contributed by atoms with van der Waals surface area (Å²) in [5.74, 6) is -3.68. The van der Waals surface area contributed by atoms with Gasteiger partial charge in [0.25, 0.3) is 30.4 Å². The lowest BCUT2D eigenvalue weighted by Crippen LogP contribution is -2.17. The van der Waals surface area contributed by atoms with E-state index in [1.54, 1.807) is 0 Å². The van der Waals surface area contributed by atoms with E-state index in [2.05, 4.69) is 49.1 Å². The molecule has 0 saturated carbocycles. The van der Waals surface area contributed by atoms with Crippen LogP contribution in [-0.4, -0.2) is 134 Å². The Hall–Kier alpha value is -6.57. The van der Waals surface area contributed by atoms with E-state index in [-0.39, 0.29) is 33.9 Å². The molecule has 32 nitrogen and oxygen atoms in total. The van der Waals surface area contributed by atoms with Crippen molar-refractivity contribution in [2.75, 3.05) is 47.7 Å². The van der Waals surface area contributed by atoms with Gasteiger partial charge in [-0.1, -0.05) is 6.07 Å². The first-order valence-corrected chi connectivity index (χ1v) is 30.5. The zero-order valence-electron chi connectivity index (χ0n) is 37.4. The fourth-order valence-electron chi connectivity index (χ4n) is 6.34. The molecule has 0 fully saturated rings. The van der Waals surface area contributed by atoms with Crippen molar-refractivity contribution in [3.8, 4) is 5.75 Å². The van der Waals surface area contributed by atoms with Crippen LogP contribution >= 0.6 is 11.6 Å². The Labute approximate surface area is 435 Å². The second-order valence-corrected chi connectivity index (χ2v) is 25.8. The minimum atomic E-state index is -5.51. The molecule has 6 rings (SSSR count). The average Bonchev–Trinajstić information content (AvgIpc) is 3.28. The van der Waals surface area contributed by atoms with Gasteiger partial charge in [0, 0.05) is 18.4 Å². The van der Waals surface area contributed by atoms with Gasteiger partial charge in [-0.2, -0.15) is 62.2 Å². The van der Waals surface area contributed by atoms with Crippen molar-refractivity contribution in [3.05, 3.63) is 84.1 Å². The molecule has 0 unspecified atom stereocenters. The number of rotatable bonds is 21. The fourth-order valence-corrected chi connectivity index (χ4v) is 11.4. The van der Waals surface area contributed by atoms with Crippen LogP contribution in [0.2, 0.25) is 5.28 Å². The zero-order chi connectivity index (χ0) is 56.6. The Morgan fingerprint density at radius 2 is 1.16 bits per heavy atom. The van der Waals surface area contributed by atoms with Crippen LogP contribution in [0.5, 0.6) is 5.75 Å².